The van der Waals surface area contributed by atoms with E-state index in [0.29, 0.717) is 39.9 Å². The van der Waals surface area contributed by atoms with Gasteiger partial charge in [0.05, 0.1) is 43.1 Å². The highest BCUT2D eigenvalue weighted by atomic mass is 35.5. The molecule has 7 rings (SSSR count). The van der Waals surface area contributed by atoms with E-state index in [1.54, 1.807) is 46.0 Å². The Labute approximate surface area is 285 Å². The quantitative estimate of drug-likeness (QED) is 0.238. The fraction of sp³-hybridized carbons (Fsp3) is 0.417. The lowest BCUT2D eigenvalue weighted by Crippen LogP contribution is -2.45. The molecule has 9 nitrogen and oxygen atoms in total. The number of para-hydroxylation sites is 2. The van der Waals surface area contributed by atoms with Gasteiger partial charge in [-0.25, -0.2) is 0 Å². The standard InChI is InChI=1S/C36H39ClFN3O6Si/c1-22-34(48(2,3)38)31(18-32(43)39-16-6-7-26(39)20-42)47-36(22)27-17-24(37)12-15-28(27)40(35(36)45)19-23-10-13-25(14-11-23)41-29-8-4-5-9-30(29)46-21-33(41)44/h4-5,8-15,17,22,26,31,34,42H,6-7,16,18-21H2,1-3H3/t22-,26+,31+,34-,36+/m1/s1. The predicted octanol–water partition coefficient (Wildman–Crippen LogP) is 6.09. The lowest BCUT2D eigenvalue weighted by molar-refractivity contribution is -0.150. The number of nitrogens with zero attached hydrogens (tertiary/aromatic N) is 3. The molecule has 3 aromatic rings. The van der Waals surface area contributed by atoms with Crippen LogP contribution in [0.2, 0.25) is 23.7 Å². The van der Waals surface area contributed by atoms with Crippen LogP contribution in [-0.2, 0) is 31.3 Å². The molecule has 0 unspecified atom stereocenters. The van der Waals surface area contributed by atoms with Crippen LogP contribution in [0.4, 0.5) is 21.2 Å². The van der Waals surface area contributed by atoms with Crippen LogP contribution in [0.15, 0.2) is 66.7 Å². The Morgan fingerprint density at radius 1 is 1.08 bits per heavy atom. The summed E-state index contributed by atoms with van der Waals surface area (Å²) in [6.45, 7) is 5.62. The molecule has 4 aliphatic rings. The number of anilines is 3. The normalized spacial score (nSPS) is 26.7. The highest BCUT2D eigenvalue weighted by Gasteiger charge is 2.67. The smallest absolute Gasteiger partial charge is 0.269 e. The van der Waals surface area contributed by atoms with Crippen LogP contribution in [0.5, 0.6) is 5.75 Å². The number of likely N-dealkylation sites (tertiary alicyclic amines) is 1. The Balaban J connectivity index is 1.20. The zero-order valence-corrected chi connectivity index (χ0v) is 29.0. The highest BCUT2D eigenvalue weighted by molar-refractivity contribution is 6.72. The topological polar surface area (TPSA) is 99.6 Å². The van der Waals surface area contributed by atoms with E-state index in [1.165, 1.54) is 0 Å². The molecule has 4 heterocycles. The van der Waals surface area contributed by atoms with E-state index >= 15 is 4.11 Å². The average Bonchev–Trinajstić information content (AvgIpc) is 3.72. The third-order valence-electron chi connectivity index (χ3n) is 10.4. The molecule has 3 amide bonds. The molecule has 0 aliphatic carbocycles. The number of rotatable bonds is 7. The summed E-state index contributed by atoms with van der Waals surface area (Å²) in [7, 11) is -3.48. The summed E-state index contributed by atoms with van der Waals surface area (Å²) >= 11 is 6.52. The molecule has 1 spiro atoms. The van der Waals surface area contributed by atoms with Crippen LogP contribution >= 0.6 is 11.6 Å². The molecule has 0 saturated carbocycles. The van der Waals surface area contributed by atoms with Gasteiger partial charge in [-0.15, -0.1) is 0 Å². The van der Waals surface area contributed by atoms with E-state index in [4.69, 9.17) is 21.1 Å². The van der Waals surface area contributed by atoms with Gasteiger partial charge in [-0.3, -0.25) is 19.3 Å². The summed E-state index contributed by atoms with van der Waals surface area (Å²) in [5.41, 5.74) is 1.20. The van der Waals surface area contributed by atoms with Crippen molar-refractivity contribution >= 4 is 54.8 Å². The van der Waals surface area contributed by atoms with Gasteiger partial charge >= 0.3 is 0 Å². The van der Waals surface area contributed by atoms with Crippen LogP contribution in [0.3, 0.4) is 0 Å². The second kappa shape index (κ2) is 12.3. The van der Waals surface area contributed by atoms with Crippen molar-refractivity contribution in [2.45, 2.75) is 69.1 Å². The maximum Gasteiger partial charge on any atom is 0.269 e. The Morgan fingerprint density at radius 2 is 1.83 bits per heavy atom. The van der Waals surface area contributed by atoms with Crippen molar-refractivity contribution < 1.29 is 33.1 Å². The van der Waals surface area contributed by atoms with Gasteiger partial charge in [-0.1, -0.05) is 42.8 Å². The fourth-order valence-electron chi connectivity index (χ4n) is 8.34. The molecule has 2 fully saturated rings. The molecule has 3 aromatic carbocycles. The van der Waals surface area contributed by atoms with Crippen LogP contribution in [-0.4, -0.2) is 68.0 Å². The van der Waals surface area contributed by atoms with Gasteiger partial charge < -0.3 is 28.5 Å². The van der Waals surface area contributed by atoms with Gasteiger partial charge in [0.15, 0.2) is 12.2 Å². The number of carbonyl (C=O) groups is 3. The first-order chi connectivity index (χ1) is 22.9. The van der Waals surface area contributed by atoms with E-state index in [-0.39, 0.29) is 49.9 Å². The number of ether oxygens (including phenoxy) is 2. The predicted molar refractivity (Wildman–Crippen MR) is 183 cm³/mol. The summed E-state index contributed by atoms with van der Waals surface area (Å²) in [5.74, 6) is -0.643. The number of halogens is 2. The minimum absolute atomic E-state index is 0.0627. The number of hydrogen-bond donors (Lipinski definition) is 1. The lowest BCUT2D eigenvalue weighted by atomic mass is 9.82. The largest absolute Gasteiger partial charge is 0.482 e. The highest BCUT2D eigenvalue weighted by Crippen LogP contribution is 2.60. The van der Waals surface area contributed by atoms with Gasteiger partial charge in [-0.05, 0) is 74.0 Å². The molecular formula is C36H39ClFN3O6Si. The van der Waals surface area contributed by atoms with E-state index in [1.807, 2.05) is 55.5 Å². The summed E-state index contributed by atoms with van der Waals surface area (Å²) in [6.07, 6.45) is 0.633. The molecule has 4 aliphatic heterocycles. The molecule has 5 atom stereocenters. The summed E-state index contributed by atoms with van der Waals surface area (Å²) in [4.78, 5) is 46.1. The minimum Gasteiger partial charge on any atom is -0.482 e. The number of amides is 3. The monoisotopic (exact) mass is 691 g/mol. The maximum absolute atomic E-state index is 16.2. The molecule has 1 N–H and O–H groups in total. The van der Waals surface area contributed by atoms with Crippen molar-refractivity contribution in [1.29, 1.82) is 0 Å². The molecule has 0 bridgehead atoms. The fourth-order valence-corrected chi connectivity index (χ4v) is 11.0. The van der Waals surface area contributed by atoms with Crippen LogP contribution < -0.4 is 14.5 Å². The van der Waals surface area contributed by atoms with E-state index < -0.39 is 31.6 Å². The van der Waals surface area contributed by atoms with Gasteiger partial charge in [0, 0.05) is 34.3 Å². The number of aliphatic hydroxyl groups excluding tert-OH is 1. The first-order valence-electron chi connectivity index (χ1n) is 16.5. The minimum atomic E-state index is -3.48. The van der Waals surface area contributed by atoms with Crippen molar-refractivity contribution in [3.63, 3.8) is 0 Å². The first-order valence-corrected chi connectivity index (χ1v) is 19.8. The van der Waals surface area contributed by atoms with E-state index in [2.05, 4.69) is 0 Å². The zero-order valence-electron chi connectivity index (χ0n) is 27.2. The molecule has 2 saturated heterocycles. The molecular weight excluding hydrogens is 653 g/mol. The number of carbonyl (C=O) groups excluding carboxylic acids is 3. The number of hydrogen-bond acceptors (Lipinski definition) is 6. The first kappa shape index (κ1) is 32.8. The average molecular weight is 692 g/mol. The third-order valence-corrected chi connectivity index (χ3v) is 13.1. The van der Waals surface area contributed by atoms with Crippen molar-refractivity contribution in [1.82, 2.24) is 4.90 Å². The Bertz CT molecular complexity index is 1770. The molecule has 48 heavy (non-hydrogen) atoms. The molecule has 252 valence electrons. The Kier molecular flexibility index (Phi) is 8.38. The maximum atomic E-state index is 16.2. The van der Waals surface area contributed by atoms with Crippen LogP contribution in [0.25, 0.3) is 0 Å². The van der Waals surface area contributed by atoms with Crippen molar-refractivity contribution in [3.8, 4) is 5.75 Å². The Hall–Kier alpha value is -3.77. The molecule has 0 aromatic heterocycles. The van der Waals surface area contributed by atoms with Crippen LogP contribution in [0.1, 0.15) is 37.3 Å². The van der Waals surface area contributed by atoms with Gasteiger partial charge in [0.1, 0.15) is 5.75 Å². The van der Waals surface area contributed by atoms with Crippen LogP contribution in [0, 0.1) is 5.92 Å². The SMILES string of the molecule is C[C@@H]1[C@@H]([Si](C)(C)F)[C@H](CC(=O)N2CCC[C@H]2CO)O[C@@]12C(=O)N(Cc1ccc(N3C(=O)COc4ccccc43)cc1)c1ccc(Cl)cc12. The lowest BCUT2D eigenvalue weighted by Gasteiger charge is -2.31. The third kappa shape index (κ3) is 5.31. The number of aliphatic hydroxyl groups is 1. The number of fused-ring (bicyclic) bond motifs is 3. The summed E-state index contributed by atoms with van der Waals surface area (Å²) < 4.78 is 28.6. The van der Waals surface area contributed by atoms with Crippen molar-refractivity contribution in [2.75, 3.05) is 29.6 Å². The van der Waals surface area contributed by atoms with Crippen molar-refractivity contribution in [3.05, 3.63) is 82.9 Å². The number of benzene rings is 3. The summed E-state index contributed by atoms with van der Waals surface area (Å²) in [6, 6.07) is 19.8. The van der Waals surface area contributed by atoms with Gasteiger partial charge in [0.25, 0.3) is 11.8 Å². The van der Waals surface area contributed by atoms with Gasteiger partial charge in [-0.2, -0.15) is 0 Å². The molecule has 0 radical (unpaired) electrons. The summed E-state index contributed by atoms with van der Waals surface area (Å²) in [5, 5.41) is 10.3. The van der Waals surface area contributed by atoms with Gasteiger partial charge in [0.2, 0.25) is 14.3 Å². The van der Waals surface area contributed by atoms with E-state index in [0.717, 1.165) is 18.4 Å². The second-order valence-electron chi connectivity index (χ2n) is 13.7. The second-order valence-corrected chi connectivity index (χ2v) is 18.0. The van der Waals surface area contributed by atoms with E-state index in [9.17, 15) is 19.5 Å². The molecule has 12 heteroatoms. The Morgan fingerprint density at radius 3 is 2.56 bits per heavy atom. The zero-order chi connectivity index (χ0) is 34.0. The van der Waals surface area contributed by atoms with Crippen molar-refractivity contribution in [2.24, 2.45) is 5.92 Å².